The second kappa shape index (κ2) is 11.1. The van der Waals surface area contributed by atoms with E-state index in [1.165, 1.54) is 11.1 Å². The van der Waals surface area contributed by atoms with Crippen LogP contribution in [0.1, 0.15) is 44.2 Å². The van der Waals surface area contributed by atoms with Gasteiger partial charge in [0.1, 0.15) is 5.75 Å². The number of benzene rings is 2. The van der Waals surface area contributed by atoms with Crippen molar-refractivity contribution in [2.75, 3.05) is 13.2 Å². The first kappa shape index (κ1) is 21.5. The second-order valence-electron chi connectivity index (χ2n) is 7.17. The molecule has 0 aliphatic rings. The molecule has 0 radical (unpaired) electrons. The zero-order valence-corrected chi connectivity index (χ0v) is 16.8. The highest BCUT2D eigenvalue weighted by atomic mass is 16.6. The van der Waals surface area contributed by atoms with Crippen LogP contribution in [0.4, 0.5) is 0 Å². The van der Waals surface area contributed by atoms with E-state index in [0.29, 0.717) is 11.7 Å². The fraction of sp³-hybridized carbons (Fsp3) is 0.391. The first-order valence-electron chi connectivity index (χ1n) is 9.65. The number of aryl methyl sites for hydroxylation is 1. The molecule has 0 aliphatic carbocycles. The van der Waals surface area contributed by atoms with Crippen LogP contribution in [-0.2, 0) is 20.7 Å². The maximum atomic E-state index is 11.9. The Bertz CT molecular complexity index is 741. The van der Waals surface area contributed by atoms with E-state index in [-0.39, 0.29) is 25.2 Å². The molecule has 1 N–H and O–H groups in total. The van der Waals surface area contributed by atoms with Gasteiger partial charge in [-0.3, -0.25) is 4.79 Å². The number of hydrogen-bond donors (Lipinski definition) is 1. The number of nitrogens with one attached hydrogen (secondary N) is 1. The van der Waals surface area contributed by atoms with E-state index in [9.17, 15) is 9.59 Å². The van der Waals surface area contributed by atoms with Crippen molar-refractivity contribution >= 4 is 11.9 Å². The van der Waals surface area contributed by atoms with E-state index in [1.807, 2.05) is 49.4 Å². The van der Waals surface area contributed by atoms with Crippen LogP contribution in [-0.4, -0.2) is 31.1 Å². The number of amides is 1. The minimum atomic E-state index is -0.569. The summed E-state index contributed by atoms with van der Waals surface area (Å²) in [5, 5.41) is 2.84. The maximum Gasteiger partial charge on any atom is 0.344 e. The Balaban J connectivity index is 1.62. The van der Waals surface area contributed by atoms with Crippen molar-refractivity contribution < 1.29 is 19.1 Å². The van der Waals surface area contributed by atoms with Crippen molar-refractivity contribution in [2.45, 2.75) is 45.6 Å². The lowest BCUT2D eigenvalue weighted by molar-refractivity contribution is -0.150. The first-order valence-corrected chi connectivity index (χ1v) is 9.65. The zero-order valence-electron chi connectivity index (χ0n) is 16.8. The van der Waals surface area contributed by atoms with Crippen molar-refractivity contribution in [2.24, 2.45) is 0 Å². The van der Waals surface area contributed by atoms with Crippen LogP contribution in [0.25, 0.3) is 0 Å². The average molecular weight is 383 g/mol. The average Bonchev–Trinajstić information content (AvgIpc) is 2.70. The molecule has 0 saturated carbocycles. The van der Waals surface area contributed by atoms with Crippen LogP contribution in [0.2, 0.25) is 0 Å². The summed E-state index contributed by atoms with van der Waals surface area (Å²) in [5.74, 6) is 0.156. The number of rotatable bonds is 10. The molecule has 1 atom stereocenters. The number of ether oxygens (including phenoxy) is 2. The third kappa shape index (κ3) is 7.82. The molecule has 0 spiro atoms. The normalized spacial score (nSPS) is 11.7. The van der Waals surface area contributed by atoms with Gasteiger partial charge in [-0.05, 0) is 48.9 Å². The molecular weight excluding hydrogens is 354 g/mol. The number of carbonyl (C=O) groups excluding carboxylic acids is 2. The molecule has 2 rings (SSSR count). The van der Waals surface area contributed by atoms with E-state index >= 15 is 0 Å². The number of carbonyl (C=O) groups is 2. The number of hydrogen-bond acceptors (Lipinski definition) is 4. The Labute approximate surface area is 167 Å². The lowest BCUT2D eigenvalue weighted by atomic mass is 10.0. The summed E-state index contributed by atoms with van der Waals surface area (Å²) in [6, 6.07) is 17.7. The smallest absolute Gasteiger partial charge is 0.344 e. The van der Waals surface area contributed by atoms with Gasteiger partial charge in [0.05, 0.1) is 0 Å². The van der Waals surface area contributed by atoms with Crippen LogP contribution in [0.15, 0.2) is 54.6 Å². The SMILES string of the molecule is CC(C)c1ccc(OCC(=O)OCC(=O)N[C@@H](C)CCc2ccccc2)cc1. The van der Waals surface area contributed by atoms with Crippen molar-refractivity contribution in [1.29, 1.82) is 0 Å². The van der Waals surface area contributed by atoms with Crippen molar-refractivity contribution in [3.05, 3.63) is 65.7 Å². The lowest BCUT2D eigenvalue weighted by Crippen LogP contribution is -2.36. The Morgan fingerprint density at radius 1 is 0.929 bits per heavy atom. The van der Waals surface area contributed by atoms with Gasteiger partial charge in [-0.2, -0.15) is 0 Å². The zero-order chi connectivity index (χ0) is 20.4. The fourth-order valence-corrected chi connectivity index (χ4v) is 2.70. The summed E-state index contributed by atoms with van der Waals surface area (Å²) in [4.78, 5) is 23.7. The van der Waals surface area contributed by atoms with E-state index in [2.05, 4.69) is 31.3 Å². The summed E-state index contributed by atoms with van der Waals surface area (Å²) in [7, 11) is 0. The van der Waals surface area contributed by atoms with E-state index in [4.69, 9.17) is 9.47 Å². The molecule has 0 fully saturated rings. The maximum absolute atomic E-state index is 11.9. The molecular formula is C23H29NO4. The second-order valence-corrected chi connectivity index (χ2v) is 7.17. The van der Waals surface area contributed by atoms with E-state index in [0.717, 1.165) is 12.8 Å². The molecule has 1 amide bonds. The molecule has 28 heavy (non-hydrogen) atoms. The van der Waals surface area contributed by atoms with Gasteiger partial charge in [0, 0.05) is 6.04 Å². The monoisotopic (exact) mass is 383 g/mol. The Morgan fingerprint density at radius 2 is 1.61 bits per heavy atom. The number of esters is 1. The fourth-order valence-electron chi connectivity index (χ4n) is 2.70. The van der Waals surface area contributed by atoms with E-state index in [1.54, 1.807) is 0 Å². The minimum absolute atomic E-state index is 0.00197. The lowest BCUT2D eigenvalue weighted by Gasteiger charge is -2.14. The highest BCUT2D eigenvalue weighted by Crippen LogP contribution is 2.18. The van der Waals surface area contributed by atoms with Gasteiger partial charge in [-0.1, -0.05) is 56.3 Å². The van der Waals surface area contributed by atoms with Gasteiger partial charge in [0.2, 0.25) is 0 Å². The quantitative estimate of drug-likeness (QED) is 0.633. The highest BCUT2D eigenvalue weighted by Gasteiger charge is 2.11. The highest BCUT2D eigenvalue weighted by molar-refractivity contribution is 5.81. The summed E-state index contributed by atoms with van der Waals surface area (Å²) in [6.07, 6.45) is 1.70. The molecule has 5 heteroatoms. The molecule has 2 aromatic carbocycles. The molecule has 0 heterocycles. The van der Waals surface area contributed by atoms with Gasteiger partial charge < -0.3 is 14.8 Å². The molecule has 0 aliphatic heterocycles. The third-order valence-electron chi connectivity index (χ3n) is 4.38. The molecule has 0 unspecified atom stereocenters. The van der Waals surface area contributed by atoms with E-state index < -0.39 is 5.97 Å². The molecule has 0 aromatic heterocycles. The molecule has 5 nitrogen and oxygen atoms in total. The molecule has 0 saturated heterocycles. The largest absolute Gasteiger partial charge is 0.482 e. The summed E-state index contributed by atoms with van der Waals surface area (Å²) in [6.45, 7) is 5.64. The predicted octanol–water partition coefficient (Wildman–Crippen LogP) is 3.87. The van der Waals surface area contributed by atoms with Crippen molar-refractivity contribution in [1.82, 2.24) is 5.32 Å². The van der Waals surface area contributed by atoms with Gasteiger partial charge in [0.15, 0.2) is 13.2 Å². The predicted molar refractivity (Wildman–Crippen MR) is 109 cm³/mol. The topological polar surface area (TPSA) is 64.6 Å². The molecule has 0 bridgehead atoms. The Morgan fingerprint density at radius 3 is 2.25 bits per heavy atom. The van der Waals surface area contributed by atoms with Crippen LogP contribution >= 0.6 is 0 Å². The van der Waals surface area contributed by atoms with Crippen molar-refractivity contribution in [3.8, 4) is 5.75 Å². The third-order valence-corrected chi connectivity index (χ3v) is 4.38. The van der Waals surface area contributed by atoms with Crippen LogP contribution < -0.4 is 10.1 Å². The Hall–Kier alpha value is -2.82. The summed E-state index contributed by atoms with van der Waals surface area (Å²) in [5.41, 5.74) is 2.43. The van der Waals surface area contributed by atoms with Crippen LogP contribution in [0, 0.1) is 0 Å². The van der Waals surface area contributed by atoms with Gasteiger partial charge >= 0.3 is 5.97 Å². The molecule has 2 aromatic rings. The van der Waals surface area contributed by atoms with Gasteiger partial charge in [0.25, 0.3) is 5.91 Å². The minimum Gasteiger partial charge on any atom is -0.482 e. The summed E-state index contributed by atoms with van der Waals surface area (Å²) < 4.78 is 10.4. The van der Waals surface area contributed by atoms with Gasteiger partial charge in [-0.15, -0.1) is 0 Å². The van der Waals surface area contributed by atoms with Gasteiger partial charge in [-0.25, -0.2) is 4.79 Å². The van der Waals surface area contributed by atoms with Crippen LogP contribution in [0.5, 0.6) is 5.75 Å². The standard InChI is InChI=1S/C23H29NO4/c1-17(2)20-11-13-21(14-12-20)27-16-23(26)28-15-22(25)24-18(3)9-10-19-7-5-4-6-8-19/h4-8,11-14,17-18H,9-10,15-16H2,1-3H3,(H,24,25)/t18-/m0/s1. The summed E-state index contributed by atoms with van der Waals surface area (Å²) >= 11 is 0. The van der Waals surface area contributed by atoms with Crippen LogP contribution in [0.3, 0.4) is 0 Å². The molecule has 150 valence electrons. The Kier molecular flexibility index (Phi) is 8.53. The first-order chi connectivity index (χ1) is 13.4. The van der Waals surface area contributed by atoms with Crippen molar-refractivity contribution in [3.63, 3.8) is 0 Å².